The third-order valence-corrected chi connectivity index (χ3v) is 4.42. The molecule has 0 radical (unpaired) electrons. The van der Waals surface area contributed by atoms with E-state index >= 15 is 0 Å². The van der Waals surface area contributed by atoms with Crippen molar-refractivity contribution in [2.45, 2.75) is 32.6 Å². The van der Waals surface area contributed by atoms with Gasteiger partial charge in [-0.05, 0) is 49.0 Å². The lowest BCUT2D eigenvalue weighted by Crippen LogP contribution is -1.97. The first-order chi connectivity index (χ1) is 10.0. The van der Waals surface area contributed by atoms with Gasteiger partial charge in [-0.1, -0.05) is 72.4 Å². The van der Waals surface area contributed by atoms with E-state index in [1.165, 1.54) is 39.0 Å². The summed E-state index contributed by atoms with van der Waals surface area (Å²) in [7, 11) is 0. The van der Waals surface area contributed by atoms with E-state index in [2.05, 4.69) is 69.5 Å². The van der Waals surface area contributed by atoms with Crippen molar-refractivity contribution in [1.29, 1.82) is 0 Å². The van der Waals surface area contributed by atoms with Gasteiger partial charge in [-0.2, -0.15) is 0 Å². The first-order valence-corrected chi connectivity index (χ1v) is 7.55. The van der Waals surface area contributed by atoms with Gasteiger partial charge in [-0.15, -0.1) is 0 Å². The van der Waals surface area contributed by atoms with Crippen LogP contribution < -0.4 is 0 Å². The summed E-state index contributed by atoms with van der Waals surface area (Å²) in [5.74, 6) is 0.285. The van der Waals surface area contributed by atoms with Gasteiger partial charge in [-0.3, -0.25) is 0 Å². The van der Waals surface area contributed by atoms with Crippen molar-refractivity contribution in [3.63, 3.8) is 0 Å². The van der Waals surface area contributed by atoms with Gasteiger partial charge < -0.3 is 0 Å². The fraction of sp³-hybridized carbons (Fsp3) is 0.238. The van der Waals surface area contributed by atoms with Crippen molar-refractivity contribution in [2.24, 2.45) is 0 Å². The lowest BCUT2D eigenvalue weighted by molar-refractivity contribution is 0.998. The molecule has 1 aromatic rings. The highest BCUT2D eigenvalue weighted by Gasteiger charge is 2.28. The molecule has 1 unspecified atom stereocenters. The Balaban J connectivity index is 1.86. The Labute approximate surface area is 127 Å². The molecule has 1 atom stereocenters. The lowest BCUT2D eigenvalue weighted by Gasteiger charge is -2.13. The van der Waals surface area contributed by atoms with Crippen molar-refractivity contribution >= 4 is 0 Å². The van der Waals surface area contributed by atoms with Gasteiger partial charge in [0.05, 0.1) is 0 Å². The van der Waals surface area contributed by atoms with E-state index in [-0.39, 0.29) is 5.92 Å². The van der Waals surface area contributed by atoms with Crippen molar-refractivity contribution in [1.82, 2.24) is 0 Å². The predicted octanol–water partition coefficient (Wildman–Crippen LogP) is 5.80. The largest absolute Gasteiger partial charge is 0.0986 e. The number of hydrogen-bond acceptors (Lipinski definition) is 0. The standard InChI is InChI=1S/C21H22/c1-14-6-9-19(10-7-14)21-16(3)12-20(17(21)4)13-18-8-5-15(2)11-18/h5-10,13,21H,3-4,11-12H2,1-2H3/b20-13+. The van der Waals surface area contributed by atoms with Crippen LogP contribution in [0, 0.1) is 6.92 Å². The Hall–Kier alpha value is -2.08. The quantitative estimate of drug-likeness (QED) is 0.598. The maximum absolute atomic E-state index is 4.35. The molecule has 2 aliphatic rings. The first-order valence-electron chi connectivity index (χ1n) is 7.55. The highest BCUT2D eigenvalue weighted by molar-refractivity contribution is 5.56. The van der Waals surface area contributed by atoms with Gasteiger partial charge in [0.25, 0.3) is 0 Å². The van der Waals surface area contributed by atoms with Crippen LogP contribution in [0.2, 0.25) is 0 Å². The Morgan fingerprint density at radius 3 is 2.33 bits per heavy atom. The van der Waals surface area contributed by atoms with Crippen LogP contribution in [-0.2, 0) is 0 Å². The Bertz CT molecular complexity index is 690. The van der Waals surface area contributed by atoms with Crippen molar-refractivity contribution in [3.8, 4) is 0 Å². The molecule has 0 heteroatoms. The Kier molecular flexibility index (Phi) is 3.55. The summed E-state index contributed by atoms with van der Waals surface area (Å²) in [6.45, 7) is 12.9. The second-order valence-electron chi connectivity index (χ2n) is 6.30. The molecule has 0 aromatic heterocycles. The van der Waals surface area contributed by atoms with E-state index in [0.717, 1.165) is 12.8 Å². The van der Waals surface area contributed by atoms with E-state index in [4.69, 9.17) is 0 Å². The summed E-state index contributed by atoms with van der Waals surface area (Å²) >= 11 is 0. The zero-order valence-electron chi connectivity index (χ0n) is 12.9. The molecule has 1 fully saturated rings. The topological polar surface area (TPSA) is 0 Å². The average molecular weight is 274 g/mol. The van der Waals surface area contributed by atoms with Crippen molar-refractivity contribution < 1.29 is 0 Å². The molecule has 2 aliphatic carbocycles. The monoisotopic (exact) mass is 274 g/mol. The molecule has 0 amide bonds. The molecule has 0 bridgehead atoms. The van der Waals surface area contributed by atoms with E-state index in [1.807, 2.05) is 0 Å². The molecule has 1 aromatic carbocycles. The van der Waals surface area contributed by atoms with Crippen LogP contribution in [-0.4, -0.2) is 0 Å². The fourth-order valence-electron chi connectivity index (χ4n) is 3.24. The van der Waals surface area contributed by atoms with E-state index in [9.17, 15) is 0 Å². The maximum atomic E-state index is 4.35. The molecule has 0 heterocycles. The highest BCUT2D eigenvalue weighted by atomic mass is 14.3. The molecule has 0 N–H and O–H groups in total. The van der Waals surface area contributed by atoms with Crippen LogP contribution in [0.25, 0.3) is 0 Å². The molecule has 3 rings (SSSR count). The summed E-state index contributed by atoms with van der Waals surface area (Å²) in [6, 6.07) is 8.76. The van der Waals surface area contributed by atoms with Crippen LogP contribution in [0.5, 0.6) is 0 Å². The molecular weight excluding hydrogens is 252 g/mol. The summed E-state index contributed by atoms with van der Waals surface area (Å²) in [5, 5.41) is 0. The van der Waals surface area contributed by atoms with Gasteiger partial charge in [0.2, 0.25) is 0 Å². The summed E-state index contributed by atoms with van der Waals surface area (Å²) in [4.78, 5) is 0. The van der Waals surface area contributed by atoms with Crippen LogP contribution in [0.1, 0.15) is 36.8 Å². The second-order valence-corrected chi connectivity index (χ2v) is 6.30. The highest BCUT2D eigenvalue weighted by Crippen LogP contribution is 2.45. The molecule has 0 aliphatic heterocycles. The third-order valence-electron chi connectivity index (χ3n) is 4.42. The van der Waals surface area contributed by atoms with Crippen molar-refractivity contribution in [3.05, 3.63) is 94.6 Å². The zero-order valence-corrected chi connectivity index (χ0v) is 12.9. The number of hydrogen-bond donors (Lipinski definition) is 0. The summed E-state index contributed by atoms with van der Waals surface area (Å²) < 4.78 is 0. The zero-order chi connectivity index (χ0) is 15.0. The van der Waals surface area contributed by atoms with Gasteiger partial charge >= 0.3 is 0 Å². The van der Waals surface area contributed by atoms with E-state index in [1.54, 1.807) is 0 Å². The minimum Gasteiger partial charge on any atom is -0.0986 e. The Morgan fingerprint density at radius 2 is 1.71 bits per heavy atom. The van der Waals surface area contributed by atoms with E-state index < -0.39 is 0 Å². The van der Waals surface area contributed by atoms with Crippen LogP contribution in [0.4, 0.5) is 0 Å². The lowest BCUT2D eigenvalue weighted by atomic mass is 9.90. The van der Waals surface area contributed by atoms with Gasteiger partial charge in [0.15, 0.2) is 0 Å². The predicted molar refractivity (Wildman–Crippen MR) is 91.4 cm³/mol. The fourth-order valence-corrected chi connectivity index (χ4v) is 3.24. The van der Waals surface area contributed by atoms with Crippen LogP contribution in [0.3, 0.4) is 0 Å². The number of allylic oxidation sites excluding steroid dienone is 8. The molecular formula is C21H22. The molecule has 0 saturated heterocycles. The minimum atomic E-state index is 0.285. The molecule has 106 valence electrons. The number of rotatable bonds is 2. The number of benzene rings is 1. The van der Waals surface area contributed by atoms with Gasteiger partial charge in [-0.25, -0.2) is 0 Å². The number of aryl methyl sites for hydroxylation is 1. The van der Waals surface area contributed by atoms with E-state index in [0.29, 0.717) is 0 Å². The minimum absolute atomic E-state index is 0.285. The second kappa shape index (κ2) is 5.37. The molecule has 0 nitrogen and oxygen atoms in total. The van der Waals surface area contributed by atoms with Gasteiger partial charge in [0, 0.05) is 5.92 Å². The van der Waals surface area contributed by atoms with Gasteiger partial charge in [0.1, 0.15) is 0 Å². The Morgan fingerprint density at radius 1 is 1.00 bits per heavy atom. The maximum Gasteiger partial charge on any atom is 0.0296 e. The van der Waals surface area contributed by atoms with Crippen LogP contribution in [0.15, 0.2) is 83.5 Å². The summed E-state index contributed by atoms with van der Waals surface area (Å²) in [5.41, 5.74) is 9.25. The normalized spacial score (nSPS) is 23.7. The average Bonchev–Trinajstić information content (AvgIpc) is 2.96. The SMILES string of the molecule is C=C1C/C(=C\C2=CC=C(C)C2)C(=C)C1c1ccc(C)cc1. The first kappa shape index (κ1) is 13.9. The molecule has 1 saturated carbocycles. The molecule has 0 spiro atoms. The molecule has 21 heavy (non-hydrogen) atoms. The smallest absolute Gasteiger partial charge is 0.0296 e. The summed E-state index contributed by atoms with van der Waals surface area (Å²) in [6.07, 6.45) is 8.76. The van der Waals surface area contributed by atoms with Crippen LogP contribution >= 0.6 is 0 Å². The van der Waals surface area contributed by atoms with Crippen molar-refractivity contribution in [2.75, 3.05) is 0 Å². The third kappa shape index (κ3) is 2.71.